The lowest BCUT2D eigenvalue weighted by Gasteiger charge is -2.04. The highest BCUT2D eigenvalue weighted by atomic mass is 35.5. The van der Waals surface area contributed by atoms with Crippen LogP contribution in [0.4, 0.5) is 0 Å². The van der Waals surface area contributed by atoms with Gasteiger partial charge < -0.3 is 4.42 Å². The Labute approximate surface area is 198 Å². The molecule has 0 saturated heterocycles. The molecule has 156 valence electrons. The number of halogens is 2. The highest BCUT2D eigenvalue weighted by Gasteiger charge is 2.19. The van der Waals surface area contributed by atoms with Crippen LogP contribution in [0.2, 0.25) is 10.0 Å². The van der Waals surface area contributed by atoms with Gasteiger partial charge in [0, 0.05) is 11.1 Å². The van der Waals surface area contributed by atoms with Gasteiger partial charge in [0.15, 0.2) is 5.78 Å². The van der Waals surface area contributed by atoms with E-state index in [0.29, 0.717) is 43.3 Å². The fourth-order valence-corrected chi connectivity index (χ4v) is 4.74. The van der Waals surface area contributed by atoms with Gasteiger partial charge in [0.2, 0.25) is 0 Å². The van der Waals surface area contributed by atoms with E-state index in [-0.39, 0.29) is 5.78 Å². The quantitative estimate of drug-likeness (QED) is 0.189. The highest BCUT2D eigenvalue weighted by molar-refractivity contribution is 7.20. The van der Waals surface area contributed by atoms with Crippen molar-refractivity contribution in [2.75, 3.05) is 0 Å². The lowest BCUT2D eigenvalue weighted by Crippen LogP contribution is -2.02. The fourth-order valence-electron chi connectivity index (χ4n) is 3.37. The first-order valence-electron chi connectivity index (χ1n) is 9.82. The Morgan fingerprint density at radius 2 is 1.66 bits per heavy atom. The largest absolute Gasteiger partial charge is 0.457 e. The minimum Gasteiger partial charge on any atom is -0.457 e. The zero-order valence-corrected chi connectivity index (χ0v) is 18.9. The summed E-state index contributed by atoms with van der Waals surface area (Å²) in [5.41, 5.74) is 2.60. The molecule has 0 aliphatic rings. The number of para-hydroxylation sites is 1. The number of rotatable bonds is 5. The number of carbonyl (C=O) groups excluding carboxylic acids is 1. The Hall–Kier alpha value is -3.18. The van der Waals surface area contributed by atoms with Crippen molar-refractivity contribution in [2.24, 2.45) is 0 Å². The summed E-state index contributed by atoms with van der Waals surface area (Å²) in [5, 5.41) is 1.51. The first kappa shape index (κ1) is 20.7. The maximum atomic E-state index is 13.4. The molecule has 0 N–H and O–H groups in total. The van der Waals surface area contributed by atoms with Crippen molar-refractivity contribution in [2.45, 2.75) is 0 Å². The number of furan rings is 1. The summed E-state index contributed by atoms with van der Waals surface area (Å²) in [6, 6.07) is 26.0. The number of hydrogen-bond acceptors (Lipinski definition) is 4. The Balaban J connectivity index is 1.61. The van der Waals surface area contributed by atoms with E-state index in [1.165, 1.54) is 11.3 Å². The van der Waals surface area contributed by atoms with E-state index < -0.39 is 0 Å². The second kappa shape index (κ2) is 8.75. The van der Waals surface area contributed by atoms with Crippen molar-refractivity contribution >= 4 is 62.2 Å². The third kappa shape index (κ3) is 4.00. The molecule has 0 aliphatic heterocycles. The minimum absolute atomic E-state index is 0.122. The molecule has 0 unspecified atom stereocenters. The number of ketones is 1. The Bertz CT molecular complexity index is 1430. The van der Waals surface area contributed by atoms with Gasteiger partial charge in [-0.2, -0.15) is 0 Å². The van der Waals surface area contributed by atoms with Crippen LogP contribution in [0.1, 0.15) is 21.1 Å². The average molecular weight is 476 g/mol. The Kier molecular flexibility index (Phi) is 5.66. The second-order valence-electron chi connectivity index (χ2n) is 7.04. The molecule has 2 heterocycles. The molecule has 0 atom stereocenters. The molecule has 0 radical (unpaired) electrons. The number of aromatic nitrogens is 1. The van der Waals surface area contributed by atoms with Crippen molar-refractivity contribution < 1.29 is 9.21 Å². The van der Waals surface area contributed by atoms with Crippen LogP contribution in [0.15, 0.2) is 89.3 Å². The molecule has 5 aromatic rings. The van der Waals surface area contributed by atoms with Crippen LogP contribution in [0.3, 0.4) is 0 Å². The molecule has 0 saturated carbocycles. The third-order valence-corrected chi connectivity index (χ3v) is 6.82. The first-order chi connectivity index (χ1) is 15.6. The SMILES string of the molecule is O=C(C(=Cc1ccc(-c2cccc(Cl)c2Cl)o1)c1nc2ccccc2s1)c1ccccc1. The molecule has 3 aromatic carbocycles. The van der Waals surface area contributed by atoms with E-state index in [9.17, 15) is 4.79 Å². The molecule has 32 heavy (non-hydrogen) atoms. The van der Waals surface area contributed by atoms with Crippen molar-refractivity contribution in [1.29, 1.82) is 0 Å². The predicted octanol–water partition coefficient (Wildman–Crippen LogP) is 8.29. The van der Waals surface area contributed by atoms with Gasteiger partial charge in [-0.3, -0.25) is 4.79 Å². The second-order valence-corrected chi connectivity index (χ2v) is 8.86. The van der Waals surface area contributed by atoms with Crippen molar-refractivity contribution in [3.63, 3.8) is 0 Å². The number of nitrogens with zero attached hydrogens (tertiary/aromatic N) is 1. The summed E-state index contributed by atoms with van der Waals surface area (Å²) in [6.45, 7) is 0. The van der Waals surface area contributed by atoms with Crippen LogP contribution in [0, 0.1) is 0 Å². The molecule has 0 bridgehead atoms. The molecule has 5 rings (SSSR count). The summed E-state index contributed by atoms with van der Waals surface area (Å²) in [4.78, 5) is 18.1. The van der Waals surface area contributed by atoms with E-state index in [1.54, 1.807) is 30.3 Å². The molecule has 0 fully saturated rings. The predicted molar refractivity (Wildman–Crippen MR) is 132 cm³/mol. The smallest absolute Gasteiger partial charge is 0.196 e. The van der Waals surface area contributed by atoms with E-state index >= 15 is 0 Å². The number of Topliss-reactive ketones (excluding diaryl/α,β-unsaturated/α-hetero) is 1. The summed E-state index contributed by atoms with van der Waals surface area (Å²) < 4.78 is 7.04. The summed E-state index contributed by atoms with van der Waals surface area (Å²) >= 11 is 14.0. The van der Waals surface area contributed by atoms with Crippen LogP contribution in [0.25, 0.3) is 33.2 Å². The van der Waals surface area contributed by atoms with E-state index in [0.717, 1.165) is 10.2 Å². The van der Waals surface area contributed by atoms with Crippen LogP contribution in [-0.2, 0) is 0 Å². The number of carbonyl (C=O) groups is 1. The highest BCUT2D eigenvalue weighted by Crippen LogP contribution is 2.36. The van der Waals surface area contributed by atoms with Crippen LogP contribution < -0.4 is 0 Å². The third-order valence-electron chi connectivity index (χ3n) is 4.94. The molecule has 0 amide bonds. The van der Waals surface area contributed by atoms with Crippen molar-refractivity contribution in [3.8, 4) is 11.3 Å². The normalized spacial score (nSPS) is 11.8. The van der Waals surface area contributed by atoms with Gasteiger partial charge in [-0.1, -0.05) is 71.7 Å². The molecule has 2 aromatic heterocycles. The molecule has 0 aliphatic carbocycles. The van der Waals surface area contributed by atoms with E-state index in [2.05, 4.69) is 0 Å². The van der Waals surface area contributed by atoms with Gasteiger partial charge in [0.1, 0.15) is 16.5 Å². The van der Waals surface area contributed by atoms with E-state index in [1.807, 2.05) is 60.7 Å². The zero-order chi connectivity index (χ0) is 22.1. The minimum atomic E-state index is -0.122. The molecular formula is C26H15Cl2NO2S. The topological polar surface area (TPSA) is 43.1 Å². The van der Waals surface area contributed by atoms with Crippen LogP contribution in [0.5, 0.6) is 0 Å². The first-order valence-corrected chi connectivity index (χ1v) is 11.4. The van der Waals surface area contributed by atoms with Gasteiger partial charge in [-0.15, -0.1) is 11.3 Å². The van der Waals surface area contributed by atoms with Gasteiger partial charge in [0.25, 0.3) is 0 Å². The van der Waals surface area contributed by atoms with E-state index in [4.69, 9.17) is 32.6 Å². The van der Waals surface area contributed by atoms with Gasteiger partial charge >= 0.3 is 0 Å². The number of hydrogen-bond donors (Lipinski definition) is 0. The summed E-state index contributed by atoms with van der Waals surface area (Å²) in [7, 11) is 0. The number of benzene rings is 3. The lowest BCUT2D eigenvalue weighted by molar-refractivity contribution is 0.105. The monoisotopic (exact) mass is 475 g/mol. The zero-order valence-electron chi connectivity index (χ0n) is 16.6. The van der Waals surface area contributed by atoms with Gasteiger partial charge in [0.05, 0.1) is 25.8 Å². The lowest BCUT2D eigenvalue weighted by atomic mass is 10.0. The number of fused-ring (bicyclic) bond motifs is 1. The van der Waals surface area contributed by atoms with Crippen LogP contribution in [-0.4, -0.2) is 10.8 Å². The average Bonchev–Trinajstić information content (AvgIpc) is 3.46. The summed E-state index contributed by atoms with van der Waals surface area (Å²) in [5.74, 6) is 0.970. The standard InChI is InChI=1S/C26H15Cl2NO2S/c27-20-10-6-9-18(24(20)28)22-14-13-17(31-22)15-19(25(30)16-7-2-1-3-8-16)26-29-21-11-4-5-12-23(21)32-26/h1-15H. The van der Waals surface area contributed by atoms with Crippen LogP contribution >= 0.6 is 34.5 Å². The van der Waals surface area contributed by atoms with Crippen molar-refractivity contribution in [1.82, 2.24) is 4.98 Å². The van der Waals surface area contributed by atoms with Gasteiger partial charge in [-0.25, -0.2) is 4.98 Å². The fraction of sp³-hybridized carbons (Fsp3) is 0. The van der Waals surface area contributed by atoms with Crippen molar-refractivity contribution in [3.05, 3.63) is 111 Å². The number of thiazole rings is 1. The maximum absolute atomic E-state index is 13.4. The molecule has 6 heteroatoms. The number of allylic oxidation sites excluding steroid dienone is 1. The van der Waals surface area contributed by atoms with Gasteiger partial charge in [-0.05, 0) is 42.5 Å². The molecular weight excluding hydrogens is 461 g/mol. The Morgan fingerprint density at radius 1 is 0.875 bits per heavy atom. The Morgan fingerprint density at radius 3 is 2.47 bits per heavy atom. The summed E-state index contributed by atoms with van der Waals surface area (Å²) in [6.07, 6.45) is 1.73. The molecule has 0 spiro atoms. The maximum Gasteiger partial charge on any atom is 0.196 e. The molecule has 3 nitrogen and oxygen atoms in total.